The van der Waals surface area contributed by atoms with Crippen molar-refractivity contribution in [1.82, 2.24) is 0 Å². The number of rotatable bonds is 6. The average Bonchev–Trinajstić information content (AvgIpc) is 2.49. The summed E-state index contributed by atoms with van der Waals surface area (Å²) in [5, 5.41) is 8.68. The SMILES string of the molecule is C=C(/C=C(\CC)c1ccc(C#CCCCO)cc1F)CC. The van der Waals surface area contributed by atoms with Gasteiger partial charge in [-0.25, -0.2) is 4.39 Å². The van der Waals surface area contributed by atoms with Crippen LogP contribution in [0.5, 0.6) is 0 Å². The van der Waals surface area contributed by atoms with Crippen LogP contribution in [0.15, 0.2) is 36.4 Å². The van der Waals surface area contributed by atoms with E-state index in [1.807, 2.05) is 26.0 Å². The van der Waals surface area contributed by atoms with Gasteiger partial charge in [0.15, 0.2) is 0 Å². The van der Waals surface area contributed by atoms with Gasteiger partial charge in [0.1, 0.15) is 5.82 Å². The average molecular weight is 286 g/mol. The molecule has 1 rings (SSSR count). The summed E-state index contributed by atoms with van der Waals surface area (Å²) in [7, 11) is 0. The largest absolute Gasteiger partial charge is 0.396 e. The van der Waals surface area contributed by atoms with Crippen LogP contribution in [-0.4, -0.2) is 11.7 Å². The highest BCUT2D eigenvalue weighted by atomic mass is 19.1. The lowest BCUT2D eigenvalue weighted by Gasteiger charge is -2.08. The summed E-state index contributed by atoms with van der Waals surface area (Å²) in [5.41, 5.74) is 3.24. The zero-order valence-electron chi connectivity index (χ0n) is 12.9. The van der Waals surface area contributed by atoms with E-state index in [1.165, 1.54) is 6.07 Å². The third-order valence-electron chi connectivity index (χ3n) is 3.22. The maximum atomic E-state index is 14.2. The molecule has 0 aromatic heterocycles. The second kappa shape index (κ2) is 9.15. The van der Waals surface area contributed by atoms with Gasteiger partial charge >= 0.3 is 0 Å². The summed E-state index contributed by atoms with van der Waals surface area (Å²) in [6, 6.07) is 5.09. The third-order valence-corrected chi connectivity index (χ3v) is 3.22. The Kier molecular flexibility index (Phi) is 7.50. The molecule has 0 unspecified atom stereocenters. The van der Waals surface area contributed by atoms with Gasteiger partial charge in [-0.05, 0) is 37.0 Å². The molecule has 0 amide bonds. The molecule has 1 aromatic carbocycles. The Morgan fingerprint density at radius 2 is 2.10 bits per heavy atom. The predicted molar refractivity (Wildman–Crippen MR) is 87.3 cm³/mol. The Labute approximate surface area is 127 Å². The molecule has 0 bridgehead atoms. The highest BCUT2D eigenvalue weighted by Crippen LogP contribution is 2.24. The molecule has 0 atom stereocenters. The Morgan fingerprint density at radius 1 is 1.33 bits per heavy atom. The molecule has 1 aromatic rings. The lowest BCUT2D eigenvalue weighted by Crippen LogP contribution is -1.91. The Hall–Kier alpha value is -1.85. The maximum Gasteiger partial charge on any atom is 0.131 e. The molecule has 2 heteroatoms. The summed E-state index contributed by atoms with van der Waals surface area (Å²) in [5.74, 6) is 5.60. The van der Waals surface area contributed by atoms with Gasteiger partial charge in [-0.1, -0.05) is 50.0 Å². The van der Waals surface area contributed by atoms with Gasteiger partial charge in [-0.15, -0.1) is 0 Å². The smallest absolute Gasteiger partial charge is 0.131 e. The predicted octanol–water partition coefficient (Wildman–Crippen LogP) is 4.71. The molecule has 0 radical (unpaired) electrons. The Morgan fingerprint density at radius 3 is 2.67 bits per heavy atom. The second-order valence-corrected chi connectivity index (χ2v) is 4.86. The fraction of sp³-hybridized carbons (Fsp3) is 0.368. The first kappa shape index (κ1) is 17.2. The molecule has 1 N–H and O–H groups in total. The van der Waals surface area contributed by atoms with Crippen molar-refractivity contribution in [3.63, 3.8) is 0 Å². The topological polar surface area (TPSA) is 20.2 Å². The summed E-state index contributed by atoms with van der Waals surface area (Å²) < 4.78 is 14.2. The number of hydrogen-bond acceptors (Lipinski definition) is 1. The molecule has 0 heterocycles. The first-order valence-electron chi connectivity index (χ1n) is 7.40. The summed E-state index contributed by atoms with van der Waals surface area (Å²) in [6.07, 6.45) is 4.85. The molecule has 0 aliphatic heterocycles. The van der Waals surface area contributed by atoms with Gasteiger partial charge in [0, 0.05) is 24.2 Å². The number of benzene rings is 1. The van der Waals surface area contributed by atoms with Crippen molar-refractivity contribution in [1.29, 1.82) is 0 Å². The molecule has 112 valence electrons. The zero-order valence-corrected chi connectivity index (χ0v) is 12.9. The number of hydrogen-bond donors (Lipinski definition) is 1. The third kappa shape index (κ3) is 5.57. The molecule has 0 saturated heterocycles. The summed E-state index contributed by atoms with van der Waals surface area (Å²) in [4.78, 5) is 0. The van der Waals surface area contributed by atoms with Crippen LogP contribution in [-0.2, 0) is 0 Å². The number of aliphatic hydroxyl groups excluding tert-OH is 1. The standard InChI is InChI=1S/C19H23FO/c1-4-15(3)13-17(5-2)18-11-10-16(14-19(18)20)9-7-6-8-12-21/h10-11,13-14,21H,3-6,8,12H2,1-2H3/b17-13+. The van der Waals surface area contributed by atoms with Gasteiger partial charge in [0.05, 0.1) is 0 Å². The van der Waals surface area contributed by atoms with E-state index in [0.29, 0.717) is 24.0 Å². The summed E-state index contributed by atoms with van der Waals surface area (Å²) in [6.45, 7) is 8.13. The van der Waals surface area contributed by atoms with E-state index >= 15 is 0 Å². The lowest BCUT2D eigenvalue weighted by atomic mass is 9.98. The molecule has 0 aliphatic carbocycles. The van der Waals surface area contributed by atoms with Crippen LogP contribution >= 0.6 is 0 Å². The Balaban J connectivity index is 2.98. The van der Waals surface area contributed by atoms with Gasteiger partial charge in [0.2, 0.25) is 0 Å². The quantitative estimate of drug-likeness (QED) is 0.456. The van der Waals surface area contributed by atoms with E-state index in [-0.39, 0.29) is 12.4 Å². The molecular weight excluding hydrogens is 263 g/mol. The molecular formula is C19H23FO. The Bertz CT molecular complexity index is 573. The maximum absolute atomic E-state index is 14.2. The fourth-order valence-electron chi connectivity index (χ4n) is 1.90. The van der Waals surface area contributed by atoms with Crippen molar-refractivity contribution in [2.45, 2.75) is 39.5 Å². The number of allylic oxidation sites excluding steroid dienone is 3. The zero-order chi connectivity index (χ0) is 15.7. The molecule has 0 spiro atoms. The van der Waals surface area contributed by atoms with Gasteiger partial charge in [-0.3, -0.25) is 0 Å². The molecule has 1 nitrogen and oxygen atoms in total. The van der Waals surface area contributed by atoms with Gasteiger partial charge < -0.3 is 5.11 Å². The number of aliphatic hydroxyl groups is 1. The molecule has 21 heavy (non-hydrogen) atoms. The van der Waals surface area contributed by atoms with Crippen molar-refractivity contribution in [2.75, 3.05) is 6.61 Å². The van der Waals surface area contributed by atoms with Crippen LogP contribution in [0.4, 0.5) is 4.39 Å². The van der Waals surface area contributed by atoms with Crippen molar-refractivity contribution in [3.05, 3.63) is 53.4 Å². The second-order valence-electron chi connectivity index (χ2n) is 4.86. The van der Waals surface area contributed by atoms with Crippen molar-refractivity contribution < 1.29 is 9.50 Å². The molecule has 0 aliphatic rings. The fourth-order valence-corrected chi connectivity index (χ4v) is 1.90. The minimum absolute atomic E-state index is 0.133. The molecule has 0 saturated carbocycles. The van der Waals surface area contributed by atoms with Crippen molar-refractivity contribution in [2.24, 2.45) is 0 Å². The van der Waals surface area contributed by atoms with E-state index in [4.69, 9.17) is 5.11 Å². The van der Waals surface area contributed by atoms with Gasteiger partial charge in [-0.2, -0.15) is 0 Å². The molecule has 0 fully saturated rings. The number of unbranched alkanes of at least 4 members (excludes halogenated alkanes) is 1. The van der Waals surface area contributed by atoms with Gasteiger partial charge in [0.25, 0.3) is 0 Å². The summed E-state index contributed by atoms with van der Waals surface area (Å²) >= 11 is 0. The van der Waals surface area contributed by atoms with E-state index in [9.17, 15) is 4.39 Å². The van der Waals surface area contributed by atoms with Crippen molar-refractivity contribution >= 4 is 5.57 Å². The van der Waals surface area contributed by atoms with Crippen LogP contribution < -0.4 is 0 Å². The number of halogens is 1. The minimum atomic E-state index is -0.249. The monoisotopic (exact) mass is 286 g/mol. The van der Waals surface area contributed by atoms with E-state index in [2.05, 4.69) is 18.4 Å². The van der Waals surface area contributed by atoms with E-state index < -0.39 is 0 Å². The minimum Gasteiger partial charge on any atom is -0.396 e. The highest BCUT2D eigenvalue weighted by Gasteiger charge is 2.07. The van der Waals surface area contributed by atoms with Crippen LogP contribution in [0.2, 0.25) is 0 Å². The highest BCUT2D eigenvalue weighted by molar-refractivity contribution is 5.69. The first-order valence-corrected chi connectivity index (χ1v) is 7.40. The van der Waals surface area contributed by atoms with Crippen molar-refractivity contribution in [3.8, 4) is 11.8 Å². The van der Waals surface area contributed by atoms with Crippen LogP contribution in [0.25, 0.3) is 5.57 Å². The van der Waals surface area contributed by atoms with Crippen LogP contribution in [0, 0.1) is 17.7 Å². The van der Waals surface area contributed by atoms with Crippen LogP contribution in [0.3, 0.4) is 0 Å². The lowest BCUT2D eigenvalue weighted by molar-refractivity contribution is 0.290. The van der Waals surface area contributed by atoms with E-state index in [0.717, 1.165) is 24.0 Å². The van der Waals surface area contributed by atoms with Crippen LogP contribution in [0.1, 0.15) is 50.7 Å². The van der Waals surface area contributed by atoms with E-state index in [1.54, 1.807) is 6.07 Å². The normalized spacial score (nSPS) is 11.0. The first-order chi connectivity index (χ1) is 10.1.